The van der Waals surface area contributed by atoms with Crippen molar-refractivity contribution in [3.05, 3.63) is 29.2 Å². The lowest BCUT2D eigenvalue weighted by molar-refractivity contribution is -0.193. The molecule has 0 spiro atoms. The van der Waals surface area contributed by atoms with Gasteiger partial charge in [-0.1, -0.05) is 59.2 Å². The molecule has 0 N–H and O–H groups in total. The van der Waals surface area contributed by atoms with Crippen molar-refractivity contribution in [1.82, 2.24) is 10.1 Å². The first-order chi connectivity index (χ1) is 17.7. The largest absolute Gasteiger partial charge is 0.361 e. The molecule has 2 heterocycles. The van der Waals surface area contributed by atoms with Gasteiger partial charge in [-0.2, -0.15) is 0 Å². The molecule has 0 aromatic carbocycles. The lowest BCUT2D eigenvalue weighted by atomic mass is 9.34. The van der Waals surface area contributed by atoms with Crippen molar-refractivity contribution >= 4 is 11.7 Å². The third-order valence-electron chi connectivity index (χ3n) is 13.7. The number of fused-ring (bicyclic) bond motifs is 8. The molecule has 6 aliphatic rings. The van der Waals surface area contributed by atoms with E-state index in [0.29, 0.717) is 24.0 Å². The van der Waals surface area contributed by atoms with Crippen molar-refractivity contribution in [3.8, 4) is 0 Å². The summed E-state index contributed by atoms with van der Waals surface area (Å²) in [5.41, 5.74) is 2.34. The van der Waals surface area contributed by atoms with E-state index in [0.717, 1.165) is 63.7 Å². The number of hydrogen-bond donors (Lipinski definition) is 0. The molecule has 5 aliphatic carbocycles. The molecule has 4 fully saturated rings. The number of carbonyl (C=O) groups excluding carboxylic acids is 2. The van der Waals surface area contributed by atoms with Gasteiger partial charge in [-0.3, -0.25) is 9.59 Å². The Morgan fingerprint density at radius 1 is 0.974 bits per heavy atom. The zero-order chi connectivity index (χ0) is 27.1. The second-order valence-corrected chi connectivity index (χ2v) is 16.1. The maximum absolute atomic E-state index is 14.6. The van der Waals surface area contributed by atoms with Crippen molar-refractivity contribution < 1.29 is 14.1 Å². The number of allylic oxidation sites excluding steroid dienone is 2. The molecule has 0 unspecified atom stereocenters. The Kier molecular flexibility index (Phi) is 4.77. The van der Waals surface area contributed by atoms with Gasteiger partial charge in [0, 0.05) is 35.4 Å². The first-order valence-corrected chi connectivity index (χ1v) is 15.2. The zero-order valence-electron chi connectivity index (χ0n) is 24.6. The van der Waals surface area contributed by atoms with Gasteiger partial charge in [-0.25, -0.2) is 0 Å². The molecule has 1 amide bonds. The van der Waals surface area contributed by atoms with E-state index in [1.165, 1.54) is 11.1 Å². The van der Waals surface area contributed by atoms with Crippen LogP contribution in [-0.2, 0) is 21.4 Å². The Labute approximate surface area is 228 Å². The fraction of sp³-hybridized carbons (Fsp3) is 0.788. The summed E-state index contributed by atoms with van der Waals surface area (Å²) >= 11 is 0. The number of ketones is 1. The summed E-state index contributed by atoms with van der Waals surface area (Å²) in [6.45, 7) is 17.7. The Balaban J connectivity index is 1.37. The molecule has 1 aromatic rings. The highest BCUT2D eigenvalue weighted by Crippen LogP contribution is 2.74. The van der Waals surface area contributed by atoms with E-state index in [1.807, 2.05) is 6.20 Å². The fourth-order valence-electron chi connectivity index (χ4n) is 11.5. The van der Waals surface area contributed by atoms with Gasteiger partial charge >= 0.3 is 0 Å². The Hall–Kier alpha value is -1.91. The van der Waals surface area contributed by atoms with Crippen LogP contribution in [0.4, 0.5) is 0 Å². The molecule has 0 radical (unpaired) electrons. The van der Waals surface area contributed by atoms with Crippen molar-refractivity contribution in [2.24, 2.45) is 39.4 Å². The molecule has 1 aromatic heterocycles. The third kappa shape index (κ3) is 2.77. The molecule has 1 aliphatic heterocycles. The second kappa shape index (κ2) is 7.23. The lowest BCUT2D eigenvalue weighted by Crippen LogP contribution is -2.72. The van der Waals surface area contributed by atoms with Crippen LogP contribution in [0, 0.1) is 39.4 Å². The Morgan fingerprint density at radius 2 is 1.71 bits per heavy atom. The highest BCUT2D eigenvalue weighted by molar-refractivity contribution is 5.96. The summed E-state index contributed by atoms with van der Waals surface area (Å²) < 4.78 is 5.82. The number of amides is 1. The summed E-state index contributed by atoms with van der Waals surface area (Å²) in [5.74, 6) is 2.34. The van der Waals surface area contributed by atoms with E-state index < -0.39 is 0 Å². The van der Waals surface area contributed by atoms with Crippen LogP contribution in [0.25, 0.3) is 0 Å². The van der Waals surface area contributed by atoms with Crippen LogP contribution in [0.5, 0.6) is 0 Å². The maximum atomic E-state index is 14.6. The summed E-state index contributed by atoms with van der Waals surface area (Å²) in [7, 11) is 0. The van der Waals surface area contributed by atoms with Crippen LogP contribution in [-0.4, -0.2) is 33.8 Å². The first kappa shape index (κ1) is 25.1. The van der Waals surface area contributed by atoms with E-state index in [-0.39, 0.29) is 44.4 Å². The predicted molar refractivity (Wildman–Crippen MR) is 146 cm³/mol. The monoisotopic (exact) mass is 518 g/mol. The van der Waals surface area contributed by atoms with Gasteiger partial charge in [0.25, 0.3) is 0 Å². The van der Waals surface area contributed by atoms with E-state index >= 15 is 0 Å². The zero-order valence-corrected chi connectivity index (χ0v) is 24.6. The molecule has 206 valence electrons. The molecule has 5 heteroatoms. The van der Waals surface area contributed by atoms with E-state index in [4.69, 9.17) is 4.52 Å². The highest BCUT2D eigenvalue weighted by Gasteiger charge is 2.71. The fourth-order valence-corrected chi connectivity index (χ4v) is 11.5. The molecular formula is C33H46N2O3. The number of hydrogen-bond acceptors (Lipinski definition) is 4. The summed E-state index contributed by atoms with van der Waals surface area (Å²) in [4.78, 5) is 29.7. The molecule has 0 bridgehead atoms. The van der Waals surface area contributed by atoms with Gasteiger partial charge in [-0.05, 0) is 90.9 Å². The van der Waals surface area contributed by atoms with E-state index in [1.54, 1.807) is 0 Å². The summed E-state index contributed by atoms with van der Waals surface area (Å²) in [5, 5.41) is 4.21. The van der Waals surface area contributed by atoms with E-state index in [9.17, 15) is 9.59 Å². The SMILES string of the molecule is CC1(C)CC[C@]2(N3CCC3=O)CC[C@]3(C)[C@H](C(=O)C=C4[C@@]5(C)Cc6cnoc6C(C)(C)[C@@H]5CC[C@]43C)[C@@H]2C1. The molecule has 1 saturated heterocycles. The van der Waals surface area contributed by atoms with Gasteiger partial charge in [0.15, 0.2) is 5.78 Å². The van der Waals surface area contributed by atoms with Crippen LogP contribution in [0.1, 0.15) is 111 Å². The first-order valence-electron chi connectivity index (χ1n) is 15.2. The van der Waals surface area contributed by atoms with Crippen LogP contribution >= 0.6 is 0 Å². The van der Waals surface area contributed by atoms with E-state index in [2.05, 4.69) is 64.6 Å². The van der Waals surface area contributed by atoms with Crippen molar-refractivity contribution in [2.75, 3.05) is 6.54 Å². The number of likely N-dealkylation sites (tertiary alicyclic amines) is 1. The topological polar surface area (TPSA) is 63.4 Å². The van der Waals surface area contributed by atoms with Gasteiger partial charge in [-0.15, -0.1) is 0 Å². The summed E-state index contributed by atoms with van der Waals surface area (Å²) in [6, 6.07) is 0. The molecule has 38 heavy (non-hydrogen) atoms. The normalized spacial score (nSPS) is 46.6. The van der Waals surface area contributed by atoms with Gasteiger partial charge in [0.2, 0.25) is 5.91 Å². The standard InChI is InChI=1S/C33H46N2O3/c1-28(2)11-13-33(35-15-9-25(35)37)14-12-32(7)26(21(33)18-28)22(36)16-24-30(5)17-20-19-34-38-27(20)29(3,4)23(30)8-10-31(24,32)6/h16,19,21,23,26H,8-15,17-18H2,1-7H3/t21-,23-,26-,30-,31+,32+,33-/m0/s1. The Bertz CT molecular complexity index is 1270. The highest BCUT2D eigenvalue weighted by atomic mass is 16.5. The number of nitrogens with zero attached hydrogens (tertiary/aromatic N) is 2. The average molecular weight is 519 g/mol. The van der Waals surface area contributed by atoms with Gasteiger partial charge in [0.1, 0.15) is 5.76 Å². The second-order valence-electron chi connectivity index (χ2n) is 16.1. The molecule has 3 saturated carbocycles. The predicted octanol–water partition coefficient (Wildman–Crippen LogP) is 6.65. The minimum atomic E-state index is -0.127. The molecule has 5 nitrogen and oxygen atoms in total. The quantitative estimate of drug-likeness (QED) is 0.390. The van der Waals surface area contributed by atoms with Crippen LogP contribution in [0.2, 0.25) is 0 Å². The lowest BCUT2D eigenvalue weighted by Gasteiger charge is -2.71. The van der Waals surface area contributed by atoms with Crippen molar-refractivity contribution in [1.29, 1.82) is 0 Å². The summed E-state index contributed by atoms with van der Waals surface area (Å²) in [6.07, 6.45) is 13.2. The van der Waals surface area contributed by atoms with Gasteiger partial charge in [0.05, 0.1) is 6.20 Å². The van der Waals surface area contributed by atoms with Crippen molar-refractivity contribution in [2.45, 2.75) is 117 Å². The molecule has 7 rings (SSSR count). The van der Waals surface area contributed by atoms with Gasteiger partial charge < -0.3 is 9.42 Å². The Morgan fingerprint density at radius 3 is 2.39 bits per heavy atom. The minimum absolute atomic E-state index is 0.0131. The van der Waals surface area contributed by atoms with Crippen LogP contribution in [0.15, 0.2) is 22.4 Å². The number of aromatic nitrogens is 1. The number of β-lactam (4-membered cyclic amide) rings is 1. The van der Waals surface area contributed by atoms with Crippen LogP contribution in [0.3, 0.4) is 0 Å². The third-order valence-corrected chi connectivity index (χ3v) is 13.7. The van der Waals surface area contributed by atoms with Crippen LogP contribution < -0.4 is 0 Å². The smallest absolute Gasteiger partial charge is 0.224 e. The number of carbonyl (C=O) groups is 2. The molecular weight excluding hydrogens is 472 g/mol. The average Bonchev–Trinajstić information content (AvgIpc) is 3.29. The van der Waals surface area contributed by atoms with Crippen molar-refractivity contribution in [3.63, 3.8) is 0 Å². The molecule has 7 atom stereocenters. The number of rotatable bonds is 1. The maximum Gasteiger partial charge on any atom is 0.224 e. The minimum Gasteiger partial charge on any atom is -0.361 e.